The number of imidazole rings is 1. The van der Waals surface area contributed by atoms with Gasteiger partial charge in [0.15, 0.2) is 5.65 Å². The van der Waals surface area contributed by atoms with Gasteiger partial charge in [0, 0.05) is 30.7 Å². The Morgan fingerprint density at radius 1 is 1.39 bits per heavy atom. The quantitative estimate of drug-likeness (QED) is 0.266. The number of hydrogen-bond donors (Lipinski definition) is 1. The van der Waals surface area contributed by atoms with E-state index in [4.69, 9.17) is 4.98 Å². The first kappa shape index (κ1) is 25.6. The summed E-state index contributed by atoms with van der Waals surface area (Å²) in [6.45, 7) is 10.1. The second kappa shape index (κ2) is 13.0. The average Bonchev–Trinajstić information content (AvgIpc) is 3.56. The molecule has 0 bridgehead atoms. The van der Waals surface area contributed by atoms with Crippen molar-refractivity contribution in [3.8, 4) is 12.3 Å². The average molecular weight is 444 g/mol. The van der Waals surface area contributed by atoms with Crippen molar-refractivity contribution in [3.63, 3.8) is 0 Å². The minimum absolute atomic E-state index is 0.349. The van der Waals surface area contributed by atoms with Gasteiger partial charge in [-0.05, 0) is 57.2 Å². The van der Waals surface area contributed by atoms with E-state index in [0.717, 1.165) is 41.1 Å². The number of aryl methyl sites for hydroxylation is 2. The molecule has 0 aliphatic heterocycles. The van der Waals surface area contributed by atoms with Gasteiger partial charge < -0.3 is 9.67 Å². The van der Waals surface area contributed by atoms with Crippen LogP contribution in [0.25, 0.3) is 11.2 Å². The Morgan fingerprint density at radius 2 is 2.12 bits per heavy atom. The Labute approximate surface area is 197 Å². The zero-order valence-electron chi connectivity index (χ0n) is 19.8. The van der Waals surface area contributed by atoms with Gasteiger partial charge in [0.05, 0.1) is 0 Å². The standard InChI is InChI=1S/C25H29N3O2.C3H4/c1-4-6-11-21(25(29)30)17-19(9-5-2)10-7-8-16-28-23(20-12-13-20)27-22-18(3)14-15-26-24(22)28;1-3-2/h4-7,9-11,14-15,20H,2,8,12-13,16-17H2,1,3H3,(H,29,30);1H,2H3/b6-4-,10-7-,19-9+,21-11+;. The van der Waals surface area contributed by atoms with Crippen molar-refractivity contribution < 1.29 is 9.90 Å². The second-order valence-corrected chi connectivity index (χ2v) is 7.85. The SMILES string of the molecule is C#CC.C=C/C=C(\C=C/CCn1c(C2CC2)nc2c(C)ccnc21)C/C(=C\C=C/C)C(=O)O. The molecule has 1 aliphatic carbocycles. The summed E-state index contributed by atoms with van der Waals surface area (Å²) in [7, 11) is 0. The fraction of sp³-hybridized carbons (Fsp3) is 0.321. The normalized spacial score (nSPS) is 14.4. The van der Waals surface area contributed by atoms with Crippen molar-refractivity contribution in [2.24, 2.45) is 0 Å². The summed E-state index contributed by atoms with van der Waals surface area (Å²) in [5.74, 6) is 3.04. The van der Waals surface area contributed by atoms with Crippen LogP contribution in [0.2, 0.25) is 0 Å². The maximum Gasteiger partial charge on any atom is 0.331 e. The van der Waals surface area contributed by atoms with Gasteiger partial charge in [-0.2, -0.15) is 0 Å². The van der Waals surface area contributed by atoms with E-state index in [1.165, 1.54) is 12.8 Å². The number of terminal acetylenes is 1. The summed E-state index contributed by atoms with van der Waals surface area (Å²) in [5, 5.41) is 9.43. The Kier molecular flexibility index (Phi) is 10.1. The number of carboxylic acids is 1. The highest BCUT2D eigenvalue weighted by Gasteiger charge is 2.30. The highest BCUT2D eigenvalue weighted by Crippen LogP contribution is 2.40. The lowest BCUT2D eigenvalue weighted by Gasteiger charge is -2.07. The molecule has 1 aliphatic rings. The first-order valence-electron chi connectivity index (χ1n) is 11.2. The molecule has 0 unspecified atom stereocenters. The summed E-state index contributed by atoms with van der Waals surface area (Å²) in [5.41, 5.74) is 4.36. The van der Waals surface area contributed by atoms with Crippen molar-refractivity contribution >= 4 is 17.1 Å². The van der Waals surface area contributed by atoms with Gasteiger partial charge in [-0.3, -0.25) is 0 Å². The molecule has 0 radical (unpaired) electrons. The predicted molar refractivity (Wildman–Crippen MR) is 136 cm³/mol. The van der Waals surface area contributed by atoms with Gasteiger partial charge >= 0.3 is 5.97 Å². The highest BCUT2D eigenvalue weighted by atomic mass is 16.4. The third-order valence-electron chi connectivity index (χ3n) is 5.15. The molecule has 172 valence electrons. The number of aromatic nitrogens is 3. The number of carboxylic acid groups (broad SMARTS) is 1. The number of nitrogens with zero attached hydrogens (tertiary/aromatic N) is 3. The molecule has 3 rings (SSSR count). The fourth-order valence-electron chi connectivity index (χ4n) is 3.43. The molecule has 1 saturated carbocycles. The van der Waals surface area contributed by atoms with Crippen molar-refractivity contribution in [1.82, 2.24) is 14.5 Å². The summed E-state index contributed by atoms with van der Waals surface area (Å²) in [6.07, 6.45) is 22.8. The first-order chi connectivity index (χ1) is 16.0. The molecular formula is C28H33N3O2. The monoisotopic (exact) mass is 443 g/mol. The van der Waals surface area contributed by atoms with Crippen LogP contribution >= 0.6 is 0 Å². The maximum atomic E-state index is 11.5. The van der Waals surface area contributed by atoms with Crippen LogP contribution in [0.5, 0.6) is 0 Å². The topological polar surface area (TPSA) is 68.0 Å². The lowest BCUT2D eigenvalue weighted by atomic mass is 10.0. The van der Waals surface area contributed by atoms with Crippen LogP contribution in [0.15, 0.2) is 72.5 Å². The fourth-order valence-corrected chi connectivity index (χ4v) is 3.43. The predicted octanol–water partition coefficient (Wildman–Crippen LogP) is 6.29. The molecular weight excluding hydrogens is 410 g/mol. The molecule has 33 heavy (non-hydrogen) atoms. The number of pyridine rings is 1. The lowest BCUT2D eigenvalue weighted by Crippen LogP contribution is -2.03. The number of aliphatic carboxylic acids is 1. The van der Waals surface area contributed by atoms with E-state index in [-0.39, 0.29) is 0 Å². The van der Waals surface area contributed by atoms with E-state index in [9.17, 15) is 9.90 Å². The van der Waals surface area contributed by atoms with Crippen molar-refractivity contribution in [1.29, 1.82) is 0 Å². The van der Waals surface area contributed by atoms with Crippen molar-refractivity contribution in [2.45, 2.75) is 58.9 Å². The molecule has 5 nitrogen and oxygen atoms in total. The summed E-state index contributed by atoms with van der Waals surface area (Å²) >= 11 is 0. The minimum atomic E-state index is -0.906. The van der Waals surface area contributed by atoms with Gasteiger partial charge in [-0.1, -0.05) is 49.1 Å². The minimum Gasteiger partial charge on any atom is -0.478 e. The van der Waals surface area contributed by atoms with Crippen LogP contribution in [-0.2, 0) is 11.3 Å². The molecule has 1 N–H and O–H groups in total. The largest absolute Gasteiger partial charge is 0.478 e. The van der Waals surface area contributed by atoms with Crippen LogP contribution in [0.1, 0.15) is 56.8 Å². The summed E-state index contributed by atoms with van der Waals surface area (Å²) in [4.78, 5) is 20.9. The van der Waals surface area contributed by atoms with Crippen LogP contribution in [-0.4, -0.2) is 25.6 Å². The van der Waals surface area contributed by atoms with E-state index in [1.807, 2.05) is 37.4 Å². The molecule has 0 saturated heterocycles. The smallest absolute Gasteiger partial charge is 0.331 e. The van der Waals surface area contributed by atoms with Crippen LogP contribution in [0.3, 0.4) is 0 Å². The van der Waals surface area contributed by atoms with Gasteiger partial charge in [0.25, 0.3) is 0 Å². The summed E-state index contributed by atoms with van der Waals surface area (Å²) < 4.78 is 2.25. The molecule has 0 amide bonds. The molecule has 2 heterocycles. The Hall–Kier alpha value is -3.65. The van der Waals surface area contributed by atoms with Crippen LogP contribution in [0.4, 0.5) is 0 Å². The van der Waals surface area contributed by atoms with E-state index in [1.54, 1.807) is 25.2 Å². The number of rotatable bonds is 10. The first-order valence-corrected chi connectivity index (χ1v) is 11.2. The van der Waals surface area contributed by atoms with E-state index in [0.29, 0.717) is 17.9 Å². The van der Waals surface area contributed by atoms with E-state index in [2.05, 4.69) is 41.5 Å². The highest BCUT2D eigenvalue weighted by molar-refractivity contribution is 5.87. The second-order valence-electron chi connectivity index (χ2n) is 7.85. The van der Waals surface area contributed by atoms with Crippen LogP contribution < -0.4 is 0 Å². The van der Waals surface area contributed by atoms with Gasteiger partial charge in [0.2, 0.25) is 0 Å². The Balaban J connectivity index is 0.00000122. The Bertz CT molecular complexity index is 1140. The maximum absolute atomic E-state index is 11.5. The molecule has 2 aromatic rings. The molecule has 5 heteroatoms. The van der Waals surface area contributed by atoms with Gasteiger partial charge in [-0.25, -0.2) is 14.8 Å². The number of carbonyl (C=O) groups is 1. The van der Waals surface area contributed by atoms with Crippen molar-refractivity contribution in [2.75, 3.05) is 0 Å². The number of hydrogen-bond acceptors (Lipinski definition) is 3. The third-order valence-corrected chi connectivity index (χ3v) is 5.15. The van der Waals surface area contributed by atoms with Gasteiger partial charge in [-0.15, -0.1) is 12.3 Å². The Morgan fingerprint density at radius 3 is 2.73 bits per heavy atom. The molecule has 1 fully saturated rings. The number of fused-ring (bicyclic) bond motifs is 1. The number of allylic oxidation sites excluding steroid dienone is 8. The zero-order chi connectivity index (χ0) is 24.2. The molecule has 0 spiro atoms. The molecule has 0 atom stereocenters. The zero-order valence-corrected chi connectivity index (χ0v) is 19.8. The van der Waals surface area contributed by atoms with Crippen molar-refractivity contribution in [3.05, 3.63) is 83.9 Å². The molecule has 2 aromatic heterocycles. The van der Waals surface area contributed by atoms with E-state index < -0.39 is 5.97 Å². The summed E-state index contributed by atoms with van der Waals surface area (Å²) in [6, 6.07) is 2.00. The van der Waals surface area contributed by atoms with E-state index >= 15 is 0 Å². The van der Waals surface area contributed by atoms with Crippen LogP contribution in [0, 0.1) is 19.3 Å². The molecule has 0 aromatic carbocycles. The lowest BCUT2D eigenvalue weighted by molar-refractivity contribution is -0.132. The third kappa shape index (κ3) is 7.47. The van der Waals surface area contributed by atoms with Gasteiger partial charge in [0.1, 0.15) is 11.3 Å².